The molecule has 6 nitrogen and oxygen atoms in total. The number of rotatable bonds is 7. The van der Waals surface area contributed by atoms with Crippen LogP contribution in [0.25, 0.3) is 0 Å². The Hall–Kier alpha value is -2.32. The summed E-state index contributed by atoms with van der Waals surface area (Å²) in [6.45, 7) is 0.160. The van der Waals surface area contributed by atoms with Crippen LogP contribution in [0.2, 0.25) is 0 Å². The molecule has 0 unspecified atom stereocenters. The van der Waals surface area contributed by atoms with Crippen molar-refractivity contribution in [3.05, 3.63) is 46.7 Å². The Kier molecular flexibility index (Phi) is 6.30. The van der Waals surface area contributed by atoms with E-state index in [0.717, 1.165) is 17.0 Å². The molecule has 1 aromatic carbocycles. The van der Waals surface area contributed by atoms with Crippen molar-refractivity contribution >= 4 is 46.6 Å². The van der Waals surface area contributed by atoms with Gasteiger partial charge in [-0.25, -0.2) is 0 Å². The van der Waals surface area contributed by atoms with E-state index in [1.165, 1.54) is 16.6 Å². The average molecular weight is 390 g/mol. The molecule has 8 heteroatoms. The van der Waals surface area contributed by atoms with Crippen LogP contribution in [0.3, 0.4) is 0 Å². The number of amides is 2. The van der Waals surface area contributed by atoms with Crippen LogP contribution in [-0.2, 0) is 25.5 Å². The van der Waals surface area contributed by atoms with Gasteiger partial charge in [0.15, 0.2) is 6.61 Å². The van der Waals surface area contributed by atoms with Gasteiger partial charge in [-0.05, 0) is 30.0 Å². The van der Waals surface area contributed by atoms with Crippen LogP contribution in [0.15, 0.2) is 46.7 Å². The third-order valence-corrected chi connectivity index (χ3v) is 5.91. The molecule has 3 rings (SSSR count). The number of para-hydroxylation sites is 1. The Morgan fingerprint density at radius 1 is 1.19 bits per heavy atom. The normalized spacial score (nSPS) is 15.7. The quantitative estimate of drug-likeness (QED) is 0.710. The predicted molar refractivity (Wildman–Crippen MR) is 101 cm³/mol. The first-order chi connectivity index (χ1) is 12.6. The zero-order valence-corrected chi connectivity index (χ0v) is 15.5. The van der Waals surface area contributed by atoms with Crippen molar-refractivity contribution < 1.29 is 19.1 Å². The zero-order chi connectivity index (χ0) is 18.4. The molecule has 0 saturated heterocycles. The molecule has 0 bridgehead atoms. The molecule has 2 heterocycles. The summed E-state index contributed by atoms with van der Waals surface area (Å²) in [4.78, 5) is 37.8. The van der Waals surface area contributed by atoms with Crippen LogP contribution in [0.4, 0.5) is 5.69 Å². The second-order valence-corrected chi connectivity index (χ2v) is 7.91. The molecule has 26 heavy (non-hydrogen) atoms. The first-order valence-electron chi connectivity index (χ1n) is 8.13. The number of hydrogen-bond donors (Lipinski definition) is 2. The Morgan fingerprint density at radius 3 is 2.85 bits per heavy atom. The van der Waals surface area contributed by atoms with Gasteiger partial charge in [0.25, 0.3) is 5.91 Å². The molecule has 1 aromatic heterocycles. The number of benzene rings is 1. The Labute approximate surface area is 159 Å². The number of nitrogens with one attached hydrogen (secondary N) is 2. The van der Waals surface area contributed by atoms with Gasteiger partial charge in [-0.15, -0.1) is 23.1 Å². The van der Waals surface area contributed by atoms with Gasteiger partial charge in [0.2, 0.25) is 5.91 Å². The third kappa shape index (κ3) is 5.09. The Balaban J connectivity index is 1.38. The zero-order valence-electron chi connectivity index (χ0n) is 13.9. The van der Waals surface area contributed by atoms with Crippen molar-refractivity contribution in [2.45, 2.75) is 23.0 Å². The summed E-state index contributed by atoms with van der Waals surface area (Å²) in [5.74, 6) is -1.14. The van der Waals surface area contributed by atoms with E-state index in [1.807, 2.05) is 41.8 Å². The lowest BCUT2D eigenvalue weighted by Gasteiger charge is -2.23. The average Bonchev–Trinajstić information content (AvgIpc) is 3.14. The Morgan fingerprint density at radius 2 is 2.04 bits per heavy atom. The number of carbonyl (C=O) groups is 3. The van der Waals surface area contributed by atoms with Gasteiger partial charge >= 0.3 is 5.97 Å². The number of ether oxygens (including phenoxy) is 1. The maximum atomic E-state index is 12.1. The van der Waals surface area contributed by atoms with Crippen LogP contribution in [0, 0.1) is 0 Å². The van der Waals surface area contributed by atoms with E-state index in [9.17, 15) is 14.4 Å². The molecule has 0 spiro atoms. The largest absolute Gasteiger partial charge is 0.456 e. The van der Waals surface area contributed by atoms with E-state index >= 15 is 0 Å². The molecule has 1 aliphatic heterocycles. The number of anilines is 1. The van der Waals surface area contributed by atoms with E-state index in [0.29, 0.717) is 6.54 Å². The molecule has 0 fully saturated rings. The highest BCUT2D eigenvalue weighted by Gasteiger charge is 2.29. The van der Waals surface area contributed by atoms with Crippen molar-refractivity contribution in [2.75, 3.05) is 18.5 Å². The number of thiophene rings is 1. The summed E-state index contributed by atoms with van der Waals surface area (Å²) in [6, 6.07) is 11.4. The summed E-state index contributed by atoms with van der Waals surface area (Å²) in [5, 5.41) is 6.91. The summed E-state index contributed by atoms with van der Waals surface area (Å²) >= 11 is 2.96. The van der Waals surface area contributed by atoms with Gasteiger partial charge in [0, 0.05) is 16.3 Å². The summed E-state index contributed by atoms with van der Waals surface area (Å²) in [5.41, 5.74) is 0.747. The molecule has 1 aliphatic rings. The highest BCUT2D eigenvalue weighted by Crippen LogP contribution is 2.36. The topological polar surface area (TPSA) is 84.5 Å². The smallest absolute Gasteiger partial charge is 0.307 e. The highest BCUT2D eigenvalue weighted by molar-refractivity contribution is 8.01. The molecular weight excluding hydrogens is 372 g/mol. The van der Waals surface area contributed by atoms with E-state index in [4.69, 9.17) is 4.74 Å². The maximum absolute atomic E-state index is 12.1. The van der Waals surface area contributed by atoms with Gasteiger partial charge in [-0.1, -0.05) is 18.2 Å². The van der Waals surface area contributed by atoms with E-state index in [-0.39, 0.29) is 24.8 Å². The summed E-state index contributed by atoms with van der Waals surface area (Å²) < 4.78 is 4.99. The second kappa shape index (κ2) is 8.86. The number of fused-ring (bicyclic) bond motifs is 1. The molecular formula is C18H18N2O4S2. The SMILES string of the molecule is O=C(COC(=O)C[C@@H]1Sc2ccccc2NC1=O)NCCc1cccs1. The van der Waals surface area contributed by atoms with E-state index < -0.39 is 11.2 Å². The predicted octanol–water partition coefficient (Wildman–Crippen LogP) is 2.45. The van der Waals surface area contributed by atoms with Crippen molar-refractivity contribution in [3.8, 4) is 0 Å². The minimum Gasteiger partial charge on any atom is -0.456 e. The lowest BCUT2D eigenvalue weighted by atomic mass is 10.2. The van der Waals surface area contributed by atoms with Crippen molar-refractivity contribution in [1.29, 1.82) is 0 Å². The second-order valence-electron chi connectivity index (χ2n) is 5.64. The first kappa shape index (κ1) is 18.5. The highest BCUT2D eigenvalue weighted by atomic mass is 32.2. The molecule has 2 N–H and O–H groups in total. The minimum absolute atomic E-state index is 0.0761. The van der Waals surface area contributed by atoms with Gasteiger partial charge in [-0.3, -0.25) is 14.4 Å². The van der Waals surface area contributed by atoms with Crippen molar-refractivity contribution in [2.24, 2.45) is 0 Å². The molecule has 0 saturated carbocycles. The standard InChI is InChI=1S/C18H18N2O4S2/c21-16(19-8-7-12-4-3-9-25-12)11-24-17(22)10-15-18(23)20-13-5-1-2-6-14(13)26-15/h1-6,9,15H,7-8,10-11H2,(H,19,21)(H,20,23)/t15-/m0/s1. The van der Waals surface area contributed by atoms with Gasteiger partial charge in [0.05, 0.1) is 17.4 Å². The fourth-order valence-electron chi connectivity index (χ4n) is 2.41. The third-order valence-electron chi connectivity index (χ3n) is 3.70. The monoisotopic (exact) mass is 390 g/mol. The summed E-state index contributed by atoms with van der Waals surface area (Å²) in [6.07, 6.45) is 0.670. The van der Waals surface area contributed by atoms with Gasteiger partial charge in [0.1, 0.15) is 0 Å². The fourth-order valence-corrected chi connectivity index (χ4v) is 4.22. The minimum atomic E-state index is -0.564. The van der Waals surface area contributed by atoms with Gasteiger partial charge in [-0.2, -0.15) is 0 Å². The first-order valence-corrected chi connectivity index (χ1v) is 9.89. The van der Waals surface area contributed by atoms with E-state index in [1.54, 1.807) is 11.3 Å². The molecule has 2 amide bonds. The molecule has 2 aromatic rings. The molecule has 136 valence electrons. The maximum Gasteiger partial charge on any atom is 0.307 e. The molecule has 0 aliphatic carbocycles. The fraction of sp³-hybridized carbons (Fsp3) is 0.278. The van der Waals surface area contributed by atoms with E-state index in [2.05, 4.69) is 10.6 Å². The number of esters is 1. The van der Waals surface area contributed by atoms with Crippen molar-refractivity contribution in [1.82, 2.24) is 5.32 Å². The van der Waals surface area contributed by atoms with Gasteiger partial charge < -0.3 is 15.4 Å². The number of hydrogen-bond acceptors (Lipinski definition) is 6. The summed E-state index contributed by atoms with van der Waals surface area (Å²) in [7, 11) is 0. The lowest BCUT2D eigenvalue weighted by molar-refractivity contribution is -0.149. The van der Waals surface area contributed by atoms with Crippen LogP contribution in [-0.4, -0.2) is 36.2 Å². The number of carbonyl (C=O) groups excluding carboxylic acids is 3. The lowest BCUT2D eigenvalue weighted by Crippen LogP contribution is -2.33. The van der Waals surface area contributed by atoms with Crippen LogP contribution < -0.4 is 10.6 Å². The Bertz CT molecular complexity index is 792. The van der Waals surface area contributed by atoms with Crippen LogP contribution in [0.5, 0.6) is 0 Å². The molecule has 1 atom stereocenters. The van der Waals surface area contributed by atoms with Crippen LogP contribution in [0.1, 0.15) is 11.3 Å². The molecule has 0 radical (unpaired) electrons. The van der Waals surface area contributed by atoms with Crippen molar-refractivity contribution in [3.63, 3.8) is 0 Å². The van der Waals surface area contributed by atoms with Crippen LogP contribution >= 0.6 is 23.1 Å². The number of thioether (sulfide) groups is 1.